The van der Waals surface area contributed by atoms with Gasteiger partial charge in [-0.3, -0.25) is 9.59 Å². The van der Waals surface area contributed by atoms with E-state index in [0.717, 1.165) is 12.8 Å². The molecule has 0 amide bonds. The second-order valence-electron chi connectivity index (χ2n) is 5.60. The second-order valence-corrected chi connectivity index (χ2v) is 5.60. The molecule has 0 aliphatic heterocycles. The summed E-state index contributed by atoms with van der Waals surface area (Å²) in [6.07, 6.45) is 2.82. The van der Waals surface area contributed by atoms with E-state index in [9.17, 15) is 9.59 Å². The van der Waals surface area contributed by atoms with Gasteiger partial charge in [-0.2, -0.15) is 10.2 Å². The molecule has 130 valence electrons. The van der Waals surface area contributed by atoms with Crippen molar-refractivity contribution in [3.63, 3.8) is 0 Å². The molecule has 0 spiro atoms. The number of unbranched alkanes of at least 4 members (excludes halogenated alkanes) is 1. The van der Waals surface area contributed by atoms with E-state index in [0.29, 0.717) is 35.5 Å². The Balaban J connectivity index is 1.97. The zero-order valence-electron chi connectivity index (χ0n) is 14.6. The zero-order valence-corrected chi connectivity index (χ0v) is 14.6. The molecule has 0 N–H and O–H groups in total. The summed E-state index contributed by atoms with van der Waals surface area (Å²) < 4.78 is 5.10. The molecule has 2 aromatic rings. The van der Waals surface area contributed by atoms with Gasteiger partial charge in [0.15, 0.2) is 5.78 Å². The van der Waals surface area contributed by atoms with Gasteiger partial charge < -0.3 is 4.74 Å². The minimum atomic E-state index is -0.275. The predicted molar refractivity (Wildman–Crippen MR) is 96.8 cm³/mol. The number of azo groups is 1. The van der Waals surface area contributed by atoms with Crippen molar-refractivity contribution in [3.05, 3.63) is 54.1 Å². The second kappa shape index (κ2) is 9.47. The van der Waals surface area contributed by atoms with Gasteiger partial charge >= 0.3 is 5.97 Å². The maximum Gasteiger partial charge on any atom is 0.310 e. The molecule has 0 saturated carbocycles. The summed E-state index contributed by atoms with van der Waals surface area (Å²) in [6, 6.07) is 13.9. The van der Waals surface area contributed by atoms with Crippen LogP contribution in [-0.2, 0) is 4.79 Å². The Kier molecular flexibility index (Phi) is 7.01. The fraction of sp³-hybridized carbons (Fsp3) is 0.300. The molecular formula is C20H22N2O3. The van der Waals surface area contributed by atoms with Gasteiger partial charge in [-0.05, 0) is 55.0 Å². The third kappa shape index (κ3) is 5.95. The first kappa shape index (κ1) is 18.5. The fourth-order valence-corrected chi connectivity index (χ4v) is 2.10. The van der Waals surface area contributed by atoms with Crippen molar-refractivity contribution < 1.29 is 14.3 Å². The minimum Gasteiger partial charge on any atom is -0.427 e. The number of ketones is 1. The van der Waals surface area contributed by atoms with Gasteiger partial charge in [0, 0.05) is 18.4 Å². The van der Waals surface area contributed by atoms with Gasteiger partial charge in [-0.15, -0.1) is 0 Å². The number of nitrogens with zero attached hydrogens (tertiary/aromatic N) is 2. The first-order valence-corrected chi connectivity index (χ1v) is 8.48. The lowest BCUT2D eigenvalue weighted by Gasteiger charge is -2.02. The van der Waals surface area contributed by atoms with Crippen LogP contribution in [0, 0.1) is 0 Å². The highest BCUT2D eigenvalue weighted by molar-refractivity contribution is 5.96. The van der Waals surface area contributed by atoms with Crippen LogP contribution in [0.2, 0.25) is 0 Å². The largest absolute Gasteiger partial charge is 0.427 e. The maximum atomic E-state index is 11.9. The monoisotopic (exact) mass is 338 g/mol. The Morgan fingerprint density at radius 1 is 0.880 bits per heavy atom. The van der Waals surface area contributed by atoms with Gasteiger partial charge in [0.05, 0.1) is 11.4 Å². The van der Waals surface area contributed by atoms with Crippen molar-refractivity contribution in [1.29, 1.82) is 0 Å². The van der Waals surface area contributed by atoms with Gasteiger partial charge in [0.1, 0.15) is 5.75 Å². The molecular weight excluding hydrogens is 316 g/mol. The van der Waals surface area contributed by atoms with Gasteiger partial charge in [0.2, 0.25) is 0 Å². The molecule has 5 nitrogen and oxygen atoms in total. The Labute approximate surface area is 147 Å². The van der Waals surface area contributed by atoms with Gasteiger partial charge in [-0.25, -0.2) is 0 Å². The van der Waals surface area contributed by atoms with Crippen molar-refractivity contribution in [2.45, 2.75) is 39.5 Å². The van der Waals surface area contributed by atoms with E-state index in [-0.39, 0.29) is 11.8 Å². The van der Waals surface area contributed by atoms with Crippen LogP contribution in [-0.4, -0.2) is 11.8 Å². The van der Waals surface area contributed by atoms with Crippen LogP contribution in [0.5, 0.6) is 5.75 Å². The minimum absolute atomic E-state index is 0.155. The van der Waals surface area contributed by atoms with Crippen molar-refractivity contribution in [2.75, 3.05) is 0 Å². The Morgan fingerprint density at radius 2 is 1.44 bits per heavy atom. The molecule has 25 heavy (non-hydrogen) atoms. The molecule has 0 unspecified atom stereocenters. The van der Waals surface area contributed by atoms with E-state index in [4.69, 9.17) is 4.74 Å². The van der Waals surface area contributed by atoms with E-state index >= 15 is 0 Å². The molecule has 0 aliphatic carbocycles. The van der Waals surface area contributed by atoms with Crippen LogP contribution in [0.1, 0.15) is 49.9 Å². The third-order valence-corrected chi connectivity index (χ3v) is 3.58. The number of hydrogen-bond acceptors (Lipinski definition) is 5. The topological polar surface area (TPSA) is 68.1 Å². The summed E-state index contributed by atoms with van der Waals surface area (Å²) in [4.78, 5) is 23.2. The van der Waals surface area contributed by atoms with Gasteiger partial charge in [0.25, 0.3) is 0 Å². The quantitative estimate of drug-likeness (QED) is 0.265. The lowest BCUT2D eigenvalue weighted by molar-refractivity contribution is -0.134. The standard InChI is InChI=1S/C20H22N2O3/c1-3-5-6-19(23)15-7-9-16(10-8-15)21-22-17-11-13-18(14-12-17)25-20(24)4-2/h7-14H,3-6H2,1-2H3. The van der Waals surface area contributed by atoms with Crippen LogP contribution >= 0.6 is 0 Å². The number of hydrogen-bond donors (Lipinski definition) is 0. The third-order valence-electron chi connectivity index (χ3n) is 3.58. The number of carbonyl (C=O) groups is 2. The molecule has 0 aromatic heterocycles. The van der Waals surface area contributed by atoms with Crippen molar-refractivity contribution in [3.8, 4) is 5.75 Å². The number of carbonyl (C=O) groups excluding carboxylic acids is 2. The number of esters is 1. The average Bonchev–Trinajstić information content (AvgIpc) is 2.65. The molecule has 0 saturated heterocycles. The van der Waals surface area contributed by atoms with Crippen LogP contribution in [0.3, 0.4) is 0 Å². The molecule has 0 radical (unpaired) electrons. The fourth-order valence-electron chi connectivity index (χ4n) is 2.10. The highest BCUT2D eigenvalue weighted by atomic mass is 16.5. The molecule has 0 aliphatic rings. The number of Topliss-reactive ketones (excluding diaryl/α,β-unsaturated/α-hetero) is 1. The molecule has 0 heterocycles. The van der Waals surface area contributed by atoms with E-state index < -0.39 is 0 Å². The highest BCUT2D eigenvalue weighted by Crippen LogP contribution is 2.22. The molecule has 2 rings (SSSR count). The van der Waals surface area contributed by atoms with E-state index in [1.54, 1.807) is 55.5 Å². The first-order valence-electron chi connectivity index (χ1n) is 8.48. The molecule has 0 fully saturated rings. The van der Waals surface area contributed by atoms with E-state index in [2.05, 4.69) is 17.2 Å². The van der Waals surface area contributed by atoms with E-state index in [1.807, 2.05) is 0 Å². The maximum absolute atomic E-state index is 11.9. The van der Waals surface area contributed by atoms with E-state index in [1.165, 1.54) is 0 Å². The van der Waals surface area contributed by atoms with Crippen molar-refractivity contribution >= 4 is 23.1 Å². The summed E-state index contributed by atoms with van der Waals surface area (Å²) in [5.74, 6) is 0.367. The molecule has 0 bridgehead atoms. The smallest absolute Gasteiger partial charge is 0.310 e. The first-order chi connectivity index (χ1) is 12.1. The summed E-state index contributed by atoms with van der Waals surface area (Å²) in [5, 5.41) is 8.29. The molecule has 2 aromatic carbocycles. The Hall–Kier alpha value is -2.82. The van der Waals surface area contributed by atoms with Crippen LogP contribution in [0.25, 0.3) is 0 Å². The summed E-state index contributed by atoms with van der Waals surface area (Å²) in [5.41, 5.74) is 2.03. The average molecular weight is 338 g/mol. The van der Waals surface area contributed by atoms with Crippen molar-refractivity contribution in [1.82, 2.24) is 0 Å². The van der Waals surface area contributed by atoms with Crippen molar-refractivity contribution in [2.24, 2.45) is 10.2 Å². The summed E-state index contributed by atoms with van der Waals surface area (Å²) in [7, 11) is 0. The number of ether oxygens (including phenoxy) is 1. The Bertz CT molecular complexity index is 735. The molecule has 0 atom stereocenters. The van der Waals surface area contributed by atoms with Gasteiger partial charge in [-0.1, -0.05) is 20.3 Å². The van der Waals surface area contributed by atoms with Crippen LogP contribution in [0.15, 0.2) is 58.8 Å². The normalized spacial score (nSPS) is 10.8. The van der Waals surface area contributed by atoms with Crippen LogP contribution in [0.4, 0.5) is 11.4 Å². The highest BCUT2D eigenvalue weighted by Gasteiger charge is 2.05. The lowest BCUT2D eigenvalue weighted by Crippen LogP contribution is -2.04. The predicted octanol–water partition coefficient (Wildman–Crippen LogP) is 5.79. The number of benzene rings is 2. The number of rotatable bonds is 8. The SMILES string of the molecule is CCCCC(=O)c1ccc(N=Nc2ccc(OC(=O)CC)cc2)cc1. The van der Waals surface area contributed by atoms with Crippen LogP contribution < -0.4 is 4.74 Å². The summed E-state index contributed by atoms with van der Waals surface area (Å²) >= 11 is 0. The Morgan fingerprint density at radius 3 is 1.96 bits per heavy atom. The summed E-state index contributed by atoms with van der Waals surface area (Å²) in [6.45, 7) is 3.81. The molecule has 5 heteroatoms. The lowest BCUT2D eigenvalue weighted by atomic mass is 10.1. The zero-order chi connectivity index (χ0) is 18.1.